The van der Waals surface area contributed by atoms with Gasteiger partial charge in [-0.25, -0.2) is 9.78 Å². The molecule has 2 atom stereocenters. The zero-order chi connectivity index (χ0) is 23.9. The second-order valence-electron chi connectivity index (χ2n) is 9.21. The van der Waals surface area contributed by atoms with E-state index >= 15 is 0 Å². The minimum absolute atomic E-state index is 0.365. The molecule has 1 saturated carbocycles. The van der Waals surface area contributed by atoms with Crippen LogP contribution in [0.2, 0.25) is 0 Å². The number of hydrogen-bond donors (Lipinski definition) is 1. The van der Waals surface area contributed by atoms with E-state index in [4.69, 9.17) is 24.0 Å². The summed E-state index contributed by atoms with van der Waals surface area (Å²) in [5.74, 6) is 0.925. The molecule has 6 rings (SSSR count). The normalized spacial score (nSPS) is 22.5. The standard InChI is InChI=1S/C29H25NO5/c31-24(32)19-33-23-14-7-9-20(17-23)18-28-15-8-16-29(28,35-28)27-30-25(21-10-3-1-4-11-21)26(34-27)22-12-5-2-6-13-22/h1-7,9-14,17H,8,15-16,18-19H2,(H,31,32). The summed E-state index contributed by atoms with van der Waals surface area (Å²) in [4.78, 5) is 15.9. The number of epoxide rings is 1. The summed E-state index contributed by atoms with van der Waals surface area (Å²) >= 11 is 0. The summed E-state index contributed by atoms with van der Waals surface area (Å²) in [6.45, 7) is -0.365. The molecule has 176 valence electrons. The molecule has 0 spiro atoms. The monoisotopic (exact) mass is 467 g/mol. The van der Waals surface area contributed by atoms with Crippen LogP contribution >= 0.6 is 0 Å². The third-order valence-corrected chi connectivity index (χ3v) is 6.98. The Labute approximate surface area is 203 Å². The minimum atomic E-state index is -0.998. The lowest BCUT2D eigenvalue weighted by molar-refractivity contribution is -0.139. The van der Waals surface area contributed by atoms with Gasteiger partial charge in [-0.3, -0.25) is 0 Å². The number of rotatable bonds is 8. The molecule has 35 heavy (non-hydrogen) atoms. The van der Waals surface area contributed by atoms with Crippen LogP contribution in [-0.4, -0.2) is 28.3 Å². The van der Waals surface area contributed by atoms with Gasteiger partial charge in [0.2, 0.25) is 5.89 Å². The van der Waals surface area contributed by atoms with E-state index in [9.17, 15) is 4.79 Å². The number of carbonyl (C=O) groups is 1. The van der Waals surface area contributed by atoms with Crippen LogP contribution in [0, 0.1) is 0 Å². The minimum Gasteiger partial charge on any atom is -0.482 e. The number of carboxylic acids is 1. The predicted octanol–water partition coefficient (Wildman–Crippen LogP) is 5.86. The lowest BCUT2D eigenvalue weighted by Gasteiger charge is -2.11. The number of oxazole rings is 1. The van der Waals surface area contributed by atoms with Gasteiger partial charge >= 0.3 is 5.97 Å². The van der Waals surface area contributed by atoms with Crippen LogP contribution in [0.1, 0.15) is 30.7 Å². The highest BCUT2D eigenvalue weighted by atomic mass is 16.6. The second kappa shape index (κ2) is 8.40. The summed E-state index contributed by atoms with van der Waals surface area (Å²) in [6.07, 6.45) is 3.47. The van der Waals surface area contributed by atoms with E-state index < -0.39 is 11.6 Å². The van der Waals surface area contributed by atoms with Crippen LogP contribution in [0.4, 0.5) is 0 Å². The van der Waals surface area contributed by atoms with E-state index in [1.165, 1.54) is 0 Å². The molecule has 0 bridgehead atoms. The molecule has 6 nitrogen and oxygen atoms in total. The molecule has 0 amide bonds. The third-order valence-electron chi connectivity index (χ3n) is 6.98. The summed E-state index contributed by atoms with van der Waals surface area (Å²) in [5.41, 5.74) is 2.91. The number of aromatic nitrogens is 1. The maximum Gasteiger partial charge on any atom is 0.341 e. The average molecular weight is 468 g/mol. The molecule has 1 saturated heterocycles. The van der Waals surface area contributed by atoms with Crippen molar-refractivity contribution in [3.63, 3.8) is 0 Å². The van der Waals surface area contributed by atoms with Crippen LogP contribution in [0.3, 0.4) is 0 Å². The number of aliphatic carboxylic acids is 1. The van der Waals surface area contributed by atoms with E-state index in [1.807, 2.05) is 78.9 Å². The lowest BCUT2D eigenvalue weighted by atomic mass is 9.89. The van der Waals surface area contributed by atoms with E-state index in [0.29, 0.717) is 18.1 Å². The van der Waals surface area contributed by atoms with Crippen molar-refractivity contribution < 1.29 is 23.8 Å². The predicted molar refractivity (Wildman–Crippen MR) is 130 cm³/mol. The number of hydrogen-bond acceptors (Lipinski definition) is 5. The Kier molecular flexibility index (Phi) is 5.19. The zero-order valence-electron chi connectivity index (χ0n) is 19.1. The number of nitrogens with zero attached hydrogens (tertiary/aromatic N) is 1. The van der Waals surface area contributed by atoms with Crippen molar-refractivity contribution in [3.8, 4) is 28.3 Å². The molecule has 3 aromatic carbocycles. The highest BCUT2D eigenvalue weighted by molar-refractivity contribution is 5.77. The first-order valence-electron chi connectivity index (χ1n) is 11.8. The van der Waals surface area contributed by atoms with Crippen molar-refractivity contribution in [3.05, 3.63) is 96.4 Å². The second-order valence-corrected chi connectivity index (χ2v) is 9.21. The first-order chi connectivity index (χ1) is 17.1. The van der Waals surface area contributed by atoms with E-state index in [-0.39, 0.29) is 12.2 Å². The van der Waals surface area contributed by atoms with Gasteiger partial charge in [0, 0.05) is 17.5 Å². The van der Waals surface area contributed by atoms with Crippen molar-refractivity contribution in [2.75, 3.05) is 6.61 Å². The smallest absolute Gasteiger partial charge is 0.341 e. The highest BCUT2D eigenvalue weighted by Crippen LogP contribution is 2.67. The fraction of sp³-hybridized carbons (Fsp3) is 0.241. The first-order valence-corrected chi connectivity index (χ1v) is 11.8. The molecule has 2 fully saturated rings. The Bertz CT molecular complexity index is 1310. The van der Waals surface area contributed by atoms with Gasteiger partial charge in [-0.2, -0.15) is 0 Å². The third kappa shape index (κ3) is 3.80. The fourth-order valence-electron chi connectivity index (χ4n) is 5.37. The molecule has 4 aromatic rings. The topological polar surface area (TPSA) is 85.1 Å². The van der Waals surface area contributed by atoms with Gasteiger partial charge in [0.1, 0.15) is 17.0 Å². The Balaban J connectivity index is 1.34. The molecule has 2 heterocycles. The Morgan fingerprint density at radius 3 is 2.43 bits per heavy atom. The van der Waals surface area contributed by atoms with Gasteiger partial charge in [-0.15, -0.1) is 0 Å². The van der Waals surface area contributed by atoms with Gasteiger partial charge < -0.3 is 19.0 Å². The van der Waals surface area contributed by atoms with Crippen molar-refractivity contribution in [1.82, 2.24) is 4.98 Å². The average Bonchev–Trinajstić information content (AvgIpc) is 3.18. The molecule has 1 aromatic heterocycles. The maximum absolute atomic E-state index is 10.9. The number of benzene rings is 3. The highest BCUT2D eigenvalue weighted by Gasteiger charge is 2.75. The Morgan fingerprint density at radius 2 is 1.69 bits per heavy atom. The van der Waals surface area contributed by atoms with E-state index in [2.05, 4.69) is 0 Å². The molecule has 2 unspecified atom stereocenters. The summed E-state index contributed by atoms with van der Waals surface area (Å²) in [6, 6.07) is 27.7. The van der Waals surface area contributed by atoms with Gasteiger partial charge in [0.05, 0.1) is 0 Å². The SMILES string of the molecule is O=C(O)COc1cccc(CC23CCCC2(c2nc(-c4ccccc4)c(-c4ccccc4)o2)O3)c1. The molecule has 1 aliphatic carbocycles. The molecule has 0 radical (unpaired) electrons. The van der Waals surface area contributed by atoms with Crippen LogP contribution in [-0.2, 0) is 21.6 Å². The van der Waals surface area contributed by atoms with E-state index in [0.717, 1.165) is 47.4 Å². The van der Waals surface area contributed by atoms with Crippen molar-refractivity contribution in [2.45, 2.75) is 36.9 Å². The maximum atomic E-state index is 10.9. The van der Waals surface area contributed by atoms with E-state index in [1.54, 1.807) is 6.07 Å². The van der Waals surface area contributed by atoms with Crippen molar-refractivity contribution in [2.24, 2.45) is 0 Å². The quantitative estimate of drug-likeness (QED) is 0.327. The van der Waals surface area contributed by atoms with Gasteiger partial charge in [-0.05, 0) is 37.0 Å². The molecule has 2 aliphatic rings. The van der Waals surface area contributed by atoms with Gasteiger partial charge in [-0.1, -0.05) is 72.8 Å². The van der Waals surface area contributed by atoms with Gasteiger partial charge in [0.15, 0.2) is 18.0 Å². The van der Waals surface area contributed by atoms with Crippen LogP contribution in [0.5, 0.6) is 5.75 Å². The van der Waals surface area contributed by atoms with Crippen LogP contribution in [0.15, 0.2) is 89.3 Å². The molecular formula is C29H25NO5. The van der Waals surface area contributed by atoms with Crippen LogP contribution in [0.25, 0.3) is 22.6 Å². The molecule has 1 aliphatic heterocycles. The largest absolute Gasteiger partial charge is 0.482 e. The number of carboxylic acid groups (broad SMARTS) is 1. The number of ether oxygens (including phenoxy) is 2. The summed E-state index contributed by atoms with van der Waals surface area (Å²) < 4.78 is 18.4. The van der Waals surface area contributed by atoms with Crippen molar-refractivity contribution >= 4 is 5.97 Å². The Morgan fingerprint density at radius 1 is 0.943 bits per heavy atom. The fourth-order valence-corrected chi connectivity index (χ4v) is 5.37. The summed E-state index contributed by atoms with van der Waals surface area (Å²) in [5, 5.41) is 8.91. The first kappa shape index (κ1) is 21.6. The van der Waals surface area contributed by atoms with Crippen molar-refractivity contribution in [1.29, 1.82) is 0 Å². The van der Waals surface area contributed by atoms with Gasteiger partial charge in [0.25, 0.3) is 0 Å². The molecule has 6 heteroatoms. The lowest BCUT2D eigenvalue weighted by Crippen LogP contribution is -2.21. The molecular weight excluding hydrogens is 442 g/mol. The zero-order valence-corrected chi connectivity index (χ0v) is 19.1. The summed E-state index contributed by atoms with van der Waals surface area (Å²) in [7, 11) is 0. The Hall–Kier alpha value is -3.90. The molecule has 1 N–H and O–H groups in total. The number of fused-ring (bicyclic) bond motifs is 1. The van der Waals surface area contributed by atoms with Crippen LogP contribution < -0.4 is 4.74 Å².